The van der Waals surface area contributed by atoms with Crippen molar-refractivity contribution >= 4 is 33.5 Å². The average molecular weight is 426 g/mol. The minimum absolute atomic E-state index is 0.267. The third kappa shape index (κ3) is 2.81. The normalized spacial score (nSPS) is 26.0. The van der Waals surface area contributed by atoms with Gasteiger partial charge in [-0.2, -0.15) is 0 Å². The highest BCUT2D eigenvalue weighted by Gasteiger charge is 2.48. The van der Waals surface area contributed by atoms with E-state index in [2.05, 4.69) is 27.8 Å². The first kappa shape index (κ1) is 18.2. The van der Waals surface area contributed by atoms with Crippen molar-refractivity contribution in [3.8, 4) is 17.1 Å². The minimum Gasteiger partial charge on any atom is -0.470 e. The van der Waals surface area contributed by atoms with Crippen LogP contribution in [-0.4, -0.2) is 57.3 Å². The van der Waals surface area contributed by atoms with Gasteiger partial charge in [0, 0.05) is 35.8 Å². The first-order valence-corrected chi connectivity index (χ1v) is 10.3. The van der Waals surface area contributed by atoms with Crippen molar-refractivity contribution in [3.05, 3.63) is 47.6 Å². The van der Waals surface area contributed by atoms with Crippen LogP contribution in [0.4, 0.5) is 0 Å². The molecule has 0 radical (unpaired) electrons. The highest BCUT2D eigenvalue weighted by atomic mass is 35.5. The fourth-order valence-electron chi connectivity index (χ4n) is 4.41. The molecular formula is C22H20ClN3O4. The Hall–Kier alpha value is -2.58. The Labute approximate surface area is 177 Å². The Kier molecular flexibility index (Phi) is 4.08. The van der Waals surface area contributed by atoms with Gasteiger partial charge >= 0.3 is 0 Å². The SMILES string of the molecule is Cn1ccc2cc(-c3nc4cc(O[C@@H]5COC6C5OC[C@H]6O)[nH]c4cc3Cl)ccc21. The number of aryl methyl sites for hydroxylation is 1. The van der Waals surface area contributed by atoms with Crippen LogP contribution in [0.15, 0.2) is 42.6 Å². The summed E-state index contributed by atoms with van der Waals surface area (Å²) in [4.78, 5) is 8.00. The first-order chi connectivity index (χ1) is 14.6. The zero-order valence-corrected chi connectivity index (χ0v) is 17.0. The lowest BCUT2D eigenvalue weighted by Gasteiger charge is -2.16. The number of rotatable bonds is 3. The Morgan fingerprint density at radius 1 is 1.17 bits per heavy atom. The van der Waals surface area contributed by atoms with Gasteiger partial charge in [0.15, 0.2) is 12.0 Å². The predicted octanol–water partition coefficient (Wildman–Crippen LogP) is 3.28. The van der Waals surface area contributed by atoms with E-state index in [9.17, 15) is 5.11 Å². The Morgan fingerprint density at radius 3 is 2.93 bits per heavy atom. The molecule has 0 spiro atoms. The highest BCUT2D eigenvalue weighted by molar-refractivity contribution is 6.33. The summed E-state index contributed by atoms with van der Waals surface area (Å²) in [5.74, 6) is 0.573. The average Bonchev–Trinajstić information content (AvgIpc) is 3.48. The van der Waals surface area contributed by atoms with Crippen LogP contribution < -0.4 is 4.74 Å². The molecule has 8 heteroatoms. The van der Waals surface area contributed by atoms with Crippen molar-refractivity contribution in [3.63, 3.8) is 0 Å². The summed E-state index contributed by atoms with van der Waals surface area (Å²) in [7, 11) is 2.02. The van der Waals surface area contributed by atoms with E-state index in [1.807, 2.05) is 31.4 Å². The molecule has 7 nitrogen and oxygen atoms in total. The molecule has 154 valence electrons. The Balaban J connectivity index is 1.32. The van der Waals surface area contributed by atoms with Crippen molar-refractivity contribution in [1.82, 2.24) is 14.5 Å². The van der Waals surface area contributed by atoms with Crippen molar-refractivity contribution in [2.75, 3.05) is 13.2 Å². The number of halogens is 1. The lowest BCUT2D eigenvalue weighted by atomic mass is 10.1. The topological polar surface area (TPSA) is 81.5 Å². The lowest BCUT2D eigenvalue weighted by Crippen LogP contribution is -2.34. The van der Waals surface area contributed by atoms with Gasteiger partial charge in [0.05, 0.1) is 35.0 Å². The molecule has 2 aliphatic heterocycles. The number of hydrogen-bond acceptors (Lipinski definition) is 5. The molecule has 2 N–H and O–H groups in total. The third-order valence-corrected chi connectivity index (χ3v) is 6.24. The first-order valence-electron chi connectivity index (χ1n) is 9.89. The molecule has 1 aromatic carbocycles. The molecule has 4 aromatic rings. The summed E-state index contributed by atoms with van der Waals surface area (Å²) in [6, 6.07) is 12.0. The number of nitrogens with one attached hydrogen (secondary N) is 1. The van der Waals surface area contributed by atoms with E-state index >= 15 is 0 Å². The molecule has 2 unspecified atom stereocenters. The molecule has 5 heterocycles. The van der Waals surface area contributed by atoms with Gasteiger partial charge in [-0.25, -0.2) is 4.98 Å². The van der Waals surface area contributed by atoms with Gasteiger partial charge in [0.2, 0.25) is 0 Å². The van der Waals surface area contributed by atoms with E-state index in [-0.39, 0.29) is 24.9 Å². The second-order valence-corrected chi connectivity index (χ2v) is 8.31. The molecule has 30 heavy (non-hydrogen) atoms. The summed E-state index contributed by atoms with van der Waals surface area (Å²) < 4.78 is 19.4. The van der Waals surface area contributed by atoms with Crippen molar-refractivity contribution in [2.24, 2.45) is 7.05 Å². The number of aliphatic hydroxyl groups is 1. The molecule has 2 saturated heterocycles. The fraction of sp³-hybridized carbons (Fsp3) is 0.318. The summed E-state index contributed by atoms with van der Waals surface area (Å²) in [6.45, 7) is 0.645. The second kappa shape index (κ2) is 6.72. The number of aliphatic hydroxyl groups excluding tert-OH is 1. The van der Waals surface area contributed by atoms with Crippen LogP contribution in [0.2, 0.25) is 5.02 Å². The smallest absolute Gasteiger partial charge is 0.193 e. The van der Waals surface area contributed by atoms with Gasteiger partial charge < -0.3 is 28.9 Å². The largest absolute Gasteiger partial charge is 0.470 e. The van der Waals surface area contributed by atoms with Crippen LogP contribution in [0.3, 0.4) is 0 Å². The van der Waals surface area contributed by atoms with E-state index in [0.717, 1.165) is 33.2 Å². The zero-order valence-electron chi connectivity index (χ0n) is 16.2. The second-order valence-electron chi connectivity index (χ2n) is 7.90. The molecule has 0 aliphatic carbocycles. The summed E-state index contributed by atoms with van der Waals surface area (Å²) in [6.07, 6.45) is 0.557. The maximum atomic E-state index is 9.89. The number of pyridine rings is 1. The van der Waals surface area contributed by atoms with Crippen LogP contribution in [0.1, 0.15) is 0 Å². The number of hydrogen-bond donors (Lipinski definition) is 2. The van der Waals surface area contributed by atoms with Crippen molar-refractivity contribution < 1.29 is 19.3 Å². The Morgan fingerprint density at radius 2 is 2.03 bits per heavy atom. The molecule has 0 bridgehead atoms. The third-order valence-electron chi connectivity index (χ3n) is 5.95. The van der Waals surface area contributed by atoms with Gasteiger partial charge in [-0.05, 0) is 24.3 Å². The van der Waals surface area contributed by atoms with Crippen LogP contribution >= 0.6 is 11.6 Å². The molecule has 6 rings (SSSR count). The fourth-order valence-corrected chi connectivity index (χ4v) is 4.67. The van der Waals surface area contributed by atoms with Crippen molar-refractivity contribution in [1.29, 1.82) is 0 Å². The molecule has 0 saturated carbocycles. The molecule has 0 amide bonds. The molecular weight excluding hydrogens is 406 g/mol. The maximum Gasteiger partial charge on any atom is 0.193 e. The monoisotopic (exact) mass is 425 g/mol. The molecule has 2 aliphatic rings. The summed E-state index contributed by atoms with van der Waals surface area (Å²) >= 11 is 6.57. The Bertz CT molecular complexity index is 1270. The van der Waals surface area contributed by atoms with Crippen LogP contribution in [0, 0.1) is 0 Å². The van der Waals surface area contributed by atoms with Crippen LogP contribution in [0.25, 0.3) is 33.2 Å². The van der Waals surface area contributed by atoms with Gasteiger partial charge in [0.25, 0.3) is 0 Å². The molecule has 2 fully saturated rings. The van der Waals surface area contributed by atoms with Gasteiger partial charge in [-0.3, -0.25) is 0 Å². The standard InChI is InChI=1S/C22H20ClN3O4/c1-26-5-4-11-6-12(2-3-16(11)26)20-13(23)7-14-15(25-20)8-19(24-14)30-18-10-29-21-17(27)9-28-22(18)21/h2-8,17-18,21-22,24,27H,9-10H2,1H3/t17-,18-,21?,22?/m1/s1. The maximum absolute atomic E-state index is 9.89. The molecule has 4 atom stereocenters. The number of aromatic nitrogens is 3. The summed E-state index contributed by atoms with van der Waals surface area (Å²) in [5, 5.41) is 11.6. The number of H-pyrrole nitrogens is 1. The summed E-state index contributed by atoms with van der Waals surface area (Å²) in [5.41, 5.74) is 4.41. The van der Waals surface area contributed by atoms with Crippen LogP contribution in [-0.2, 0) is 16.5 Å². The quantitative estimate of drug-likeness (QED) is 0.526. The number of nitrogens with zero attached hydrogens (tertiary/aromatic N) is 2. The van der Waals surface area contributed by atoms with E-state index < -0.39 is 6.10 Å². The molecule has 3 aromatic heterocycles. The van der Waals surface area contributed by atoms with Gasteiger partial charge in [0.1, 0.15) is 18.3 Å². The van der Waals surface area contributed by atoms with Crippen LogP contribution in [0.5, 0.6) is 5.88 Å². The van der Waals surface area contributed by atoms with E-state index in [4.69, 9.17) is 30.8 Å². The minimum atomic E-state index is -0.601. The highest BCUT2D eigenvalue weighted by Crippen LogP contribution is 2.34. The number of fused-ring (bicyclic) bond motifs is 3. The zero-order chi connectivity index (χ0) is 20.4. The number of benzene rings is 1. The van der Waals surface area contributed by atoms with E-state index in [1.54, 1.807) is 0 Å². The number of aromatic amines is 1. The predicted molar refractivity (Wildman–Crippen MR) is 113 cm³/mol. The van der Waals surface area contributed by atoms with Crippen molar-refractivity contribution in [2.45, 2.75) is 24.4 Å². The lowest BCUT2D eigenvalue weighted by molar-refractivity contribution is 0.00794. The van der Waals surface area contributed by atoms with Gasteiger partial charge in [-0.1, -0.05) is 17.7 Å². The number of ether oxygens (including phenoxy) is 3. The van der Waals surface area contributed by atoms with E-state index in [0.29, 0.717) is 17.5 Å². The van der Waals surface area contributed by atoms with E-state index in [1.165, 1.54) is 0 Å². The van der Waals surface area contributed by atoms with Gasteiger partial charge in [-0.15, -0.1) is 0 Å².